The first-order valence-electron chi connectivity index (χ1n) is 8.03. The fraction of sp³-hybridized carbons (Fsp3) is 0.529. The maximum absolute atomic E-state index is 11.5. The number of ether oxygens (including phenoxy) is 3. The van der Waals surface area contributed by atoms with Crippen LogP contribution in [0.2, 0.25) is 0 Å². The molecule has 144 valence electrons. The number of aliphatic hydroxyl groups is 3. The summed E-state index contributed by atoms with van der Waals surface area (Å²) in [6.07, 6.45) is -5.12. The molecular formula is C17H23NO8. The van der Waals surface area contributed by atoms with Gasteiger partial charge in [0.15, 0.2) is 17.3 Å². The van der Waals surface area contributed by atoms with Gasteiger partial charge in [-0.05, 0) is 25.1 Å². The van der Waals surface area contributed by atoms with Crippen LogP contribution >= 0.6 is 0 Å². The molecule has 0 spiro atoms. The van der Waals surface area contributed by atoms with Gasteiger partial charge in [-0.25, -0.2) is 0 Å². The van der Waals surface area contributed by atoms with Crippen molar-refractivity contribution in [3.63, 3.8) is 0 Å². The number of carbonyl (C=O) groups excluding carboxylic acids is 2. The summed E-state index contributed by atoms with van der Waals surface area (Å²) in [4.78, 5) is 22.9. The summed E-state index contributed by atoms with van der Waals surface area (Å²) in [5.41, 5.74) is 0.417. The SMILES string of the molecule is COc1cc(C(C)=O)ccc1O[C@@H]1O[C@H](CO)[C@H](O)[C@@H](O)[C@@H]1NC(C)=O. The molecule has 5 atom stereocenters. The van der Waals surface area contributed by atoms with E-state index in [1.165, 1.54) is 39.2 Å². The molecule has 1 saturated heterocycles. The molecule has 1 fully saturated rings. The van der Waals surface area contributed by atoms with Crippen molar-refractivity contribution in [1.29, 1.82) is 0 Å². The number of methoxy groups -OCH3 is 1. The van der Waals surface area contributed by atoms with Crippen molar-refractivity contribution in [2.45, 2.75) is 44.5 Å². The minimum absolute atomic E-state index is 0.154. The van der Waals surface area contributed by atoms with E-state index in [4.69, 9.17) is 14.2 Å². The van der Waals surface area contributed by atoms with Crippen LogP contribution in [-0.4, -0.2) is 71.4 Å². The molecule has 0 saturated carbocycles. The van der Waals surface area contributed by atoms with Crippen LogP contribution in [0.15, 0.2) is 18.2 Å². The highest BCUT2D eigenvalue weighted by atomic mass is 16.7. The maximum atomic E-state index is 11.5. The van der Waals surface area contributed by atoms with Gasteiger partial charge in [0.2, 0.25) is 12.2 Å². The van der Waals surface area contributed by atoms with Crippen molar-refractivity contribution in [2.24, 2.45) is 0 Å². The summed E-state index contributed by atoms with van der Waals surface area (Å²) in [5.74, 6) is -0.152. The lowest BCUT2D eigenvalue weighted by molar-refractivity contribution is -0.244. The van der Waals surface area contributed by atoms with E-state index in [0.29, 0.717) is 5.56 Å². The zero-order valence-electron chi connectivity index (χ0n) is 14.7. The highest BCUT2D eigenvalue weighted by molar-refractivity contribution is 5.94. The van der Waals surface area contributed by atoms with E-state index < -0.39 is 43.2 Å². The van der Waals surface area contributed by atoms with Gasteiger partial charge in [-0.3, -0.25) is 9.59 Å². The van der Waals surface area contributed by atoms with Gasteiger partial charge in [-0.2, -0.15) is 0 Å². The summed E-state index contributed by atoms with van der Waals surface area (Å²) < 4.78 is 16.4. The van der Waals surface area contributed by atoms with Crippen molar-refractivity contribution in [1.82, 2.24) is 5.32 Å². The molecule has 2 rings (SSSR count). The van der Waals surface area contributed by atoms with E-state index >= 15 is 0 Å². The average Bonchev–Trinajstić information content (AvgIpc) is 2.60. The van der Waals surface area contributed by atoms with E-state index in [2.05, 4.69) is 5.32 Å². The first-order chi connectivity index (χ1) is 12.3. The van der Waals surface area contributed by atoms with Gasteiger partial charge >= 0.3 is 0 Å². The first-order valence-corrected chi connectivity index (χ1v) is 8.03. The van der Waals surface area contributed by atoms with E-state index in [-0.39, 0.29) is 17.3 Å². The molecule has 1 aliphatic heterocycles. The lowest BCUT2D eigenvalue weighted by Crippen LogP contribution is -2.65. The Hall–Kier alpha value is -2.20. The lowest BCUT2D eigenvalue weighted by atomic mass is 9.97. The normalized spacial score (nSPS) is 28.3. The van der Waals surface area contributed by atoms with E-state index in [0.717, 1.165) is 0 Å². The Bertz CT molecular complexity index is 664. The van der Waals surface area contributed by atoms with Crippen molar-refractivity contribution in [2.75, 3.05) is 13.7 Å². The molecule has 0 bridgehead atoms. The van der Waals surface area contributed by atoms with Crippen LogP contribution in [0.3, 0.4) is 0 Å². The maximum Gasteiger partial charge on any atom is 0.223 e. The predicted molar refractivity (Wildman–Crippen MR) is 89.0 cm³/mol. The Morgan fingerprint density at radius 2 is 1.88 bits per heavy atom. The third kappa shape index (κ3) is 4.31. The molecule has 0 unspecified atom stereocenters. The number of carbonyl (C=O) groups is 2. The third-order valence-electron chi connectivity index (χ3n) is 4.06. The second-order valence-corrected chi connectivity index (χ2v) is 5.97. The molecule has 26 heavy (non-hydrogen) atoms. The number of benzene rings is 1. The lowest BCUT2D eigenvalue weighted by Gasteiger charge is -2.42. The van der Waals surface area contributed by atoms with Crippen LogP contribution in [-0.2, 0) is 9.53 Å². The molecular weight excluding hydrogens is 346 g/mol. The molecule has 0 aliphatic carbocycles. The van der Waals surface area contributed by atoms with Crippen LogP contribution in [0.1, 0.15) is 24.2 Å². The molecule has 1 amide bonds. The van der Waals surface area contributed by atoms with Gasteiger partial charge in [0.1, 0.15) is 24.4 Å². The highest BCUT2D eigenvalue weighted by Crippen LogP contribution is 2.32. The van der Waals surface area contributed by atoms with Gasteiger partial charge in [0, 0.05) is 12.5 Å². The second kappa shape index (κ2) is 8.45. The van der Waals surface area contributed by atoms with Crippen molar-refractivity contribution >= 4 is 11.7 Å². The Labute approximate surface area is 150 Å². The third-order valence-corrected chi connectivity index (χ3v) is 4.06. The van der Waals surface area contributed by atoms with Gasteiger partial charge in [0.05, 0.1) is 13.7 Å². The number of aliphatic hydroxyl groups excluding tert-OH is 3. The number of Topliss-reactive ketones (excluding diaryl/α,β-unsaturated/α-hetero) is 1. The fourth-order valence-electron chi connectivity index (χ4n) is 2.68. The number of rotatable bonds is 6. The zero-order valence-corrected chi connectivity index (χ0v) is 14.7. The minimum Gasteiger partial charge on any atom is -0.493 e. The number of hydrogen-bond donors (Lipinski definition) is 4. The average molecular weight is 369 g/mol. The van der Waals surface area contributed by atoms with Crippen molar-refractivity contribution in [3.8, 4) is 11.5 Å². The van der Waals surface area contributed by atoms with Crippen LogP contribution in [0.4, 0.5) is 0 Å². The van der Waals surface area contributed by atoms with Gasteiger partial charge in [-0.1, -0.05) is 0 Å². The molecule has 0 aromatic heterocycles. The Balaban J connectivity index is 2.31. The van der Waals surface area contributed by atoms with Crippen LogP contribution in [0, 0.1) is 0 Å². The molecule has 1 aromatic carbocycles. The number of nitrogens with one attached hydrogen (secondary N) is 1. The Kier molecular flexibility index (Phi) is 6.54. The zero-order chi connectivity index (χ0) is 19.4. The van der Waals surface area contributed by atoms with Crippen molar-refractivity contribution in [3.05, 3.63) is 23.8 Å². The molecule has 4 N–H and O–H groups in total. The minimum atomic E-state index is -1.42. The first kappa shape index (κ1) is 20.1. The van der Waals surface area contributed by atoms with Crippen LogP contribution in [0.5, 0.6) is 11.5 Å². The predicted octanol–water partition coefficient (Wildman–Crippen LogP) is -0.780. The molecule has 1 aliphatic rings. The standard InChI is InChI=1S/C17H23NO8/c1-8(20)10-4-5-11(12(6-10)24-3)25-17-14(18-9(2)21)16(23)15(22)13(7-19)26-17/h4-6,13-17,19,22-23H,7H2,1-3H3,(H,18,21)/t13-,14+,15+,16+,17-/m1/s1. The summed E-state index contributed by atoms with van der Waals surface area (Å²) in [6.45, 7) is 2.11. The molecule has 9 nitrogen and oxygen atoms in total. The smallest absolute Gasteiger partial charge is 0.223 e. The van der Waals surface area contributed by atoms with Crippen molar-refractivity contribution < 1.29 is 39.1 Å². The van der Waals surface area contributed by atoms with E-state index in [1.54, 1.807) is 0 Å². The monoisotopic (exact) mass is 369 g/mol. The Morgan fingerprint density at radius 1 is 1.19 bits per heavy atom. The largest absolute Gasteiger partial charge is 0.493 e. The molecule has 1 heterocycles. The fourth-order valence-corrected chi connectivity index (χ4v) is 2.68. The highest BCUT2D eigenvalue weighted by Gasteiger charge is 2.46. The van der Waals surface area contributed by atoms with E-state index in [1.807, 2.05) is 0 Å². The Morgan fingerprint density at radius 3 is 2.42 bits per heavy atom. The topological polar surface area (TPSA) is 135 Å². The summed E-state index contributed by atoms with van der Waals surface area (Å²) in [6, 6.07) is 3.44. The summed E-state index contributed by atoms with van der Waals surface area (Å²) in [5, 5.41) is 32.1. The van der Waals surface area contributed by atoms with Gasteiger partial charge in [-0.15, -0.1) is 0 Å². The van der Waals surface area contributed by atoms with Gasteiger partial charge < -0.3 is 34.8 Å². The van der Waals surface area contributed by atoms with E-state index in [9.17, 15) is 24.9 Å². The summed E-state index contributed by atoms with van der Waals surface area (Å²) in [7, 11) is 1.40. The molecule has 1 aromatic rings. The number of amides is 1. The number of ketones is 1. The van der Waals surface area contributed by atoms with Gasteiger partial charge in [0.25, 0.3) is 0 Å². The van der Waals surface area contributed by atoms with Crippen LogP contribution < -0.4 is 14.8 Å². The summed E-state index contributed by atoms with van der Waals surface area (Å²) >= 11 is 0. The second-order valence-electron chi connectivity index (χ2n) is 5.97. The number of hydrogen-bond acceptors (Lipinski definition) is 8. The van der Waals surface area contributed by atoms with Crippen LogP contribution in [0.25, 0.3) is 0 Å². The quantitative estimate of drug-likeness (QED) is 0.480. The molecule has 0 radical (unpaired) electrons. The molecule has 9 heteroatoms.